The summed E-state index contributed by atoms with van der Waals surface area (Å²) >= 11 is 1.89. The van der Waals surface area contributed by atoms with Crippen molar-refractivity contribution in [2.75, 3.05) is 26.2 Å². The van der Waals surface area contributed by atoms with E-state index in [1.807, 2.05) is 11.3 Å². The molecule has 1 aromatic rings. The fourth-order valence-electron chi connectivity index (χ4n) is 2.76. The largest absolute Gasteiger partial charge is 0.305 e. The highest BCUT2D eigenvalue weighted by molar-refractivity contribution is 7.11. The van der Waals surface area contributed by atoms with Crippen LogP contribution in [0.25, 0.3) is 0 Å². The van der Waals surface area contributed by atoms with Crippen LogP contribution in [0.15, 0.2) is 0 Å². The van der Waals surface area contributed by atoms with Gasteiger partial charge in [0.25, 0.3) is 0 Å². The molecule has 0 atom stereocenters. The van der Waals surface area contributed by atoms with E-state index in [-0.39, 0.29) is 5.54 Å². The molecule has 108 valence electrons. The molecular formula is C15H27N3S. The van der Waals surface area contributed by atoms with Crippen LogP contribution in [0, 0.1) is 13.8 Å². The Morgan fingerprint density at radius 2 is 1.95 bits per heavy atom. The van der Waals surface area contributed by atoms with E-state index in [0.29, 0.717) is 0 Å². The van der Waals surface area contributed by atoms with Gasteiger partial charge in [-0.1, -0.05) is 13.8 Å². The third kappa shape index (κ3) is 3.18. The van der Waals surface area contributed by atoms with Gasteiger partial charge in [-0.15, -0.1) is 11.3 Å². The van der Waals surface area contributed by atoms with Crippen LogP contribution in [-0.2, 0) is 5.54 Å². The van der Waals surface area contributed by atoms with Crippen LogP contribution in [0.4, 0.5) is 0 Å². The van der Waals surface area contributed by atoms with E-state index in [0.717, 1.165) is 6.54 Å². The summed E-state index contributed by atoms with van der Waals surface area (Å²) in [5.74, 6) is 0. The summed E-state index contributed by atoms with van der Waals surface area (Å²) in [5.41, 5.74) is 1.33. The van der Waals surface area contributed by atoms with Gasteiger partial charge in [0.15, 0.2) is 0 Å². The number of likely N-dealkylation sites (tertiary alicyclic amines) is 1. The zero-order valence-corrected chi connectivity index (χ0v) is 13.6. The predicted octanol–water partition coefficient (Wildman–Crippen LogP) is 3.07. The van der Waals surface area contributed by atoms with Gasteiger partial charge in [-0.2, -0.15) is 0 Å². The number of hydrogen-bond donors (Lipinski definition) is 1. The van der Waals surface area contributed by atoms with Crippen molar-refractivity contribution in [3.05, 3.63) is 15.6 Å². The molecule has 1 aliphatic heterocycles. The normalized spacial score (nSPS) is 19.8. The molecule has 0 radical (unpaired) electrons. The van der Waals surface area contributed by atoms with Gasteiger partial charge in [-0.3, -0.25) is 0 Å². The summed E-state index contributed by atoms with van der Waals surface area (Å²) in [6, 6.07) is 0. The highest BCUT2D eigenvalue weighted by atomic mass is 32.1. The van der Waals surface area contributed by atoms with Crippen LogP contribution in [0.5, 0.6) is 0 Å². The van der Waals surface area contributed by atoms with E-state index in [9.17, 15) is 0 Å². The van der Waals surface area contributed by atoms with Gasteiger partial charge in [0.2, 0.25) is 0 Å². The molecule has 1 saturated heterocycles. The Labute approximate surface area is 121 Å². The Balaban J connectivity index is 2.20. The van der Waals surface area contributed by atoms with E-state index in [1.54, 1.807) is 0 Å². The molecule has 4 heteroatoms. The Bertz CT molecular complexity index is 386. The van der Waals surface area contributed by atoms with Crippen molar-refractivity contribution in [3.63, 3.8) is 0 Å². The molecule has 0 unspecified atom stereocenters. The maximum Gasteiger partial charge on any atom is 0.113 e. The second kappa shape index (κ2) is 6.33. The highest BCUT2D eigenvalue weighted by Crippen LogP contribution is 2.36. The summed E-state index contributed by atoms with van der Waals surface area (Å²) in [5, 5.41) is 5.12. The summed E-state index contributed by atoms with van der Waals surface area (Å²) in [4.78, 5) is 8.75. The smallest absolute Gasteiger partial charge is 0.113 e. The molecule has 0 aliphatic carbocycles. The zero-order chi connectivity index (χ0) is 13.9. The van der Waals surface area contributed by atoms with Crippen molar-refractivity contribution in [2.24, 2.45) is 0 Å². The van der Waals surface area contributed by atoms with Crippen molar-refractivity contribution in [1.29, 1.82) is 0 Å². The molecule has 2 rings (SSSR count). The van der Waals surface area contributed by atoms with Crippen molar-refractivity contribution in [2.45, 2.75) is 52.5 Å². The number of aromatic nitrogens is 1. The molecule has 0 aromatic carbocycles. The van der Waals surface area contributed by atoms with Crippen molar-refractivity contribution in [1.82, 2.24) is 15.2 Å². The zero-order valence-electron chi connectivity index (χ0n) is 12.8. The van der Waals surface area contributed by atoms with Crippen LogP contribution in [0.2, 0.25) is 0 Å². The SMILES string of the molecule is CCCNC1(c2nc(C)c(C)s2)CCN(CC)CC1. The number of hydrogen-bond acceptors (Lipinski definition) is 4. The molecule has 1 aromatic heterocycles. The van der Waals surface area contributed by atoms with Crippen molar-refractivity contribution < 1.29 is 0 Å². The number of aryl methyl sites for hydroxylation is 2. The topological polar surface area (TPSA) is 28.2 Å². The molecule has 1 fully saturated rings. The molecular weight excluding hydrogens is 254 g/mol. The first kappa shape index (κ1) is 14.9. The lowest BCUT2D eigenvalue weighted by molar-refractivity contribution is 0.139. The first-order chi connectivity index (χ1) is 9.11. The van der Waals surface area contributed by atoms with Gasteiger partial charge in [0, 0.05) is 18.0 Å². The first-order valence-electron chi connectivity index (χ1n) is 7.53. The van der Waals surface area contributed by atoms with Gasteiger partial charge >= 0.3 is 0 Å². The summed E-state index contributed by atoms with van der Waals surface area (Å²) < 4.78 is 0. The Hall–Kier alpha value is -0.450. The van der Waals surface area contributed by atoms with Gasteiger partial charge in [0.1, 0.15) is 5.01 Å². The third-order valence-electron chi connectivity index (χ3n) is 4.31. The van der Waals surface area contributed by atoms with Crippen molar-refractivity contribution >= 4 is 11.3 Å². The van der Waals surface area contributed by atoms with E-state index >= 15 is 0 Å². The molecule has 0 saturated carbocycles. The molecule has 19 heavy (non-hydrogen) atoms. The van der Waals surface area contributed by atoms with Gasteiger partial charge in [-0.05, 0) is 46.2 Å². The number of thiazole rings is 1. The van der Waals surface area contributed by atoms with Gasteiger partial charge in [-0.25, -0.2) is 4.98 Å². The average Bonchev–Trinajstić information content (AvgIpc) is 2.77. The van der Waals surface area contributed by atoms with E-state index < -0.39 is 0 Å². The number of piperidine rings is 1. The average molecular weight is 281 g/mol. The molecule has 0 bridgehead atoms. The van der Waals surface area contributed by atoms with Crippen molar-refractivity contribution in [3.8, 4) is 0 Å². The lowest BCUT2D eigenvalue weighted by atomic mass is 9.87. The lowest BCUT2D eigenvalue weighted by Gasteiger charge is -2.41. The summed E-state index contributed by atoms with van der Waals surface area (Å²) in [6.45, 7) is 13.4. The third-order valence-corrected chi connectivity index (χ3v) is 5.59. The van der Waals surface area contributed by atoms with Crippen LogP contribution in [0.1, 0.15) is 48.7 Å². The van der Waals surface area contributed by atoms with Gasteiger partial charge in [0.05, 0.1) is 11.2 Å². The Morgan fingerprint density at radius 1 is 1.26 bits per heavy atom. The second-order valence-corrected chi connectivity index (χ2v) is 6.81. The fourth-order valence-corrected chi connectivity index (χ4v) is 3.90. The minimum atomic E-state index is 0.130. The quantitative estimate of drug-likeness (QED) is 0.899. The van der Waals surface area contributed by atoms with Crippen LogP contribution < -0.4 is 5.32 Å². The first-order valence-corrected chi connectivity index (χ1v) is 8.35. The molecule has 1 N–H and O–H groups in total. The molecule has 1 aliphatic rings. The maximum atomic E-state index is 4.85. The molecule has 0 amide bonds. The van der Waals surface area contributed by atoms with Gasteiger partial charge < -0.3 is 10.2 Å². The molecule has 0 spiro atoms. The lowest BCUT2D eigenvalue weighted by Crippen LogP contribution is -2.51. The Kier molecular flexibility index (Phi) is 4.98. The van der Waals surface area contributed by atoms with E-state index in [1.165, 1.54) is 54.5 Å². The number of nitrogens with zero attached hydrogens (tertiary/aromatic N) is 2. The molecule has 2 heterocycles. The predicted molar refractivity (Wildman–Crippen MR) is 82.9 cm³/mol. The minimum absolute atomic E-state index is 0.130. The fraction of sp³-hybridized carbons (Fsp3) is 0.800. The second-order valence-electron chi connectivity index (χ2n) is 5.60. The summed E-state index contributed by atoms with van der Waals surface area (Å²) in [7, 11) is 0. The molecule has 3 nitrogen and oxygen atoms in total. The summed E-state index contributed by atoms with van der Waals surface area (Å²) in [6.07, 6.45) is 3.56. The maximum absolute atomic E-state index is 4.85. The Morgan fingerprint density at radius 3 is 2.42 bits per heavy atom. The van der Waals surface area contributed by atoms with Crippen LogP contribution >= 0.6 is 11.3 Å². The van der Waals surface area contributed by atoms with Crippen LogP contribution in [-0.4, -0.2) is 36.1 Å². The highest BCUT2D eigenvalue weighted by Gasteiger charge is 2.38. The minimum Gasteiger partial charge on any atom is -0.305 e. The number of nitrogens with one attached hydrogen (secondary N) is 1. The standard InChI is InChI=1S/C15H27N3S/c1-5-9-16-15(7-10-18(6-2)11-8-15)14-17-12(3)13(4)19-14/h16H,5-11H2,1-4H3. The van der Waals surface area contributed by atoms with E-state index in [2.05, 4.69) is 37.9 Å². The van der Waals surface area contributed by atoms with Crippen LogP contribution in [0.3, 0.4) is 0 Å². The number of rotatable bonds is 5. The van der Waals surface area contributed by atoms with E-state index in [4.69, 9.17) is 4.98 Å². The monoisotopic (exact) mass is 281 g/mol.